The SMILES string of the molecule is CCSc1ccccc1NC(=O)NCCCOC. The third kappa shape index (κ3) is 5.42. The number of benzene rings is 1. The lowest BCUT2D eigenvalue weighted by Crippen LogP contribution is -2.30. The lowest BCUT2D eigenvalue weighted by molar-refractivity contribution is 0.194. The predicted molar refractivity (Wildman–Crippen MR) is 76.4 cm³/mol. The van der Waals surface area contributed by atoms with Gasteiger partial charge in [0.15, 0.2) is 0 Å². The van der Waals surface area contributed by atoms with Crippen molar-refractivity contribution >= 4 is 23.5 Å². The van der Waals surface area contributed by atoms with Crippen molar-refractivity contribution in [2.45, 2.75) is 18.2 Å². The average Bonchev–Trinajstić information content (AvgIpc) is 2.37. The van der Waals surface area contributed by atoms with Gasteiger partial charge in [0.1, 0.15) is 0 Å². The summed E-state index contributed by atoms with van der Waals surface area (Å²) < 4.78 is 4.92. The van der Waals surface area contributed by atoms with Gasteiger partial charge in [-0.2, -0.15) is 0 Å². The van der Waals surface area contributed by atoms with Crippen LogP contribution in [-0.4, -0.2) is 32.0 Å². The highest BCUT2D eigenvalue weighted by Gasteiger charge is 2.05. The van der Waals surface area contributed by atoms with Gasteiger partial charge in [0.2, 0.25) is 0 Å². The van der Waals surface area contributed by atoms with Gasteiger partial charge < -0.3 is 15.4 Å². The molecule has 0 radical (unpaired) electrons. The standard InChI is InChI=1S/C13H20N2O2S/c1-3-18-12-8-5-4-7-11(12)15-13(16)14-9-6-10-17-2/h4-5,7-8H,3,6,9-10H2,1-2H3,(H2,14,15,16). The molecular weight excluding hydrogens is 248 g/mol. The minimum Gasteiger partial charge on any atom is -0.385 e. The molecule has 0 bridgehead atoms. The summed E-state index contributed by atoms with van der Waals surface area (Å²) in [6.45, 7) is 3.36. The topological polar surface area (TPSA) is 50.4 Å². The number of hydrogen-bond acceptors (Lipinski definition) is 3. The molecule has 0 aliphatic heterocycles. The summed E-state index contributed by atoms with van der Waals surface area (Å²) in [4.78, 5) is 12.7. The van der Waals surface area contributed by atoms with E-state index < -0.39 is 0 Å². The number of rotatable bonds is 7. The van der Waals surface area contributed by atoms with Gasteiger partial charge in [-0.25, -0.2) is 4.79 Å². The Morgan fingerprint density at radius 2 is 2.17 bits per heavy atom. The van der Waals surface area contributed by atoms with Crippen molar-refractivity contribution in [2.75, 3.05) is 31.3 Å². The van der Waals surface area contributed by atoms with Crippen molar-refractivity contribution in [1.82, 2.24) is 5.32 Å². The first-order valence-electron chi connectivity index (χ1n) is 6.03. The Balaban J connectivity index is 2.43. The van der Waals surface area contributed by atoms with E-state index >= 15 is 0 Å². The third-order valence-electron chi connectivity index (χ3n) is 2.25. The largest absolute Gasteiger partial charge is 0.385 e. The van der Waals surface area contributed by atoms with Crippen LogP contribution in [0.5, 0.6) is 0 Å². The molecule has 2 amide bonds. The number of anilines is 1. The average molecular weight is 268 g/mol. The van der Waals surface area contributed by atoms with Crippen molar-refractivity contribution in [1.29, 1.82) is 0 Å². The first-order valence-corrected chi connectivity index (χ1v) is 7.02. The molecule has 0 unspecified atom stereocenters. The van der Waals surface area contributed by atoms with Crippen molar-refractivity contribution in [3.63, 3.8) is 0 Å². The highest BCUT2D eigenvalue weighted by atomic mass is 32.2. The summed E-state index contributed by atoms with van der Waals surface area (Å²) in [5.41, 5.74) is 0.855. The molecule has 0 spiro atoms. The zero-order valence-corrected chi connectivity index (χ0v) is 11.7. The van der Waals surface area contributed by atoms with Gasteiger partial charge >= 0.3 is 6.03 Å². The Hall–Kier alpha value is -1.20. The summed E-state index contributed by atoms with van der Waals surface area (Å²) in [5, 5.41) is 5.66. The lowest BCUT2D eigenvalue weighted by atomic mass is 10.3. The minimum absolute atomic E-state index is 0.171. The van der Waals surface area contributed by atoms with Crippen molar-refractivity contribution in [2.24, 2.45) is 0 Å². The molecular formula is C13H20N2O2S. The Bertz CT molecular complexity index is 372. The molecule has 5 heteroatoms. The maximum atomic E-state index is 11.7. The minimum atomic E-state index is -0.171. The van der Waals surface area contributed by atoms with E-state index in [1.54, 1.807) is 18.9 Å². The van der Waals surface area contributed by atoms with Gasteiger partial charge in [-0.3, -0.25) is 0 Å². The summed E-state index contributed by atoms with van der Waals surface area (Å²) in [7, 11) is 1.65. The molecule has 1 aromatic rings. The van der Waals surface area contributed by atoms with Crippen LogP contribution in [0.15, 0.2) is 29.2 Å². The Morgan fingerprint density at radius 1 is 1.39 bits per heavy atom. The van der Waals surface area contributed by atoms with Crippen LogP contribution in [0.25, 0.3) is 0 Å². The van der Waals surface area contributed by atoms with E-state index in [2.05, 4.69) is 17.6 Å². The maximum Gasteiger partial charge on any atom is 0.319 e. The van der Waals surface area contributed by atoms with Crippen molar-refractivity contribution < 1.29 is 9.53 Å². The van der Waals surface area contributed by atoms with Gasteiger partial charge in [-0.15, -0.1) is 11.8 Å². The fraction of sp³-hybridized carbons (Fsp3) is 0.462. The first kappa shape index (κ1) is 14.9. The highest BCUT2D eigenvalue weighted by molar-refractivity contribution is 7.99. The molecule has 0 aliphatic rings. The number of para-hydroxylation sites is 1. The first-order chi connectivity index (χ1) is 8.77. The second kappa shape index (κ2) is 8.83. The fourth-order valence-electron chi connectivity index (χ4n) is 1.44. The molecule has 0 saturated heterocycles. The fourth-order valence-corrected chi connectivity index (χ4v) is 2.20. The number of carbonyl (C=O) groups is 1. The van der Waals surface area contributed by atoms with Crippen LogP contribution in [0.2, 0.25) is 0 Å². The number of hydrogen-bond donors (Lipinski definition) is 2. The summed E-state index contributed by atoms with van der Waals surface area (Å²) in [6.07, 6.45) is 0.815. The molecule has 0 saturated carbocycles. The Morgan fingerprint density at radius 3 is 2.89 bits per heavy atom. The molecule has 0 atom stereocenters. The van der Waals surface area contributed by atoms with Gasteiger partial charge in [0.05, 0.1) is 5.69 Å². The number of urea groups is 1. The molecule has 4 nitrogen and oxygen atoms in total. The summed E-state index contributed by atoms with van der Waals surface area (Å²) >= 11 is 1.71. The third-order valence-corrected chi connectivity index (χ3v) is 3.20. The number of thioether (sulfide) groups is 1. The Kier molecular flexibility index (Phi) is 7.29. The van der Waals surface area contributed by atoms with E-state index in [4.69, 9.17) is 4.74 Å². The molecule has 0 fully saturated rings. The van der Waals surface area contributed by atoms with E-state index in [0.717, 1.165) is 22.8 Å². The predicted octanol–water partition coefficient (Wildman–Crippen LogP) is 2.96. The molecule has 0 aromatic heterocycles. The van der Waals surface area contributed by atoms with E-state index in [0.29, 0.717) is 13.2 Å². The number of ether oxygens (including phenoxy) is 1. The van der Waals surface area contributed by atoms with Gasteiger partial charge in [0.25, 0.3) is 0 Å². The van der Waals surface area contributed by atoms with Crippen molar-refractivity contribution in [3.05, 3.63) is 24.3 Å². The molecule has 2 N–H and O–H groups in total. The van der Waals surface area contributed by atoms with Gasteiger partial charge in [-0.1, -0.05) is 19.1 Å². The van der Waals surface area contributed by atoms with Crippen LogP contribution in [0.1, 0.15) is 13.3 Å². The van der Waals surface area contributed by atoms with Crippen LogP contribution in [0.4, 0.5) is 10.5 Å². The summed E-state index contributed by atoms with van der Waals surface area (Å²) in [6, 6.07) is 7.64. The normalized spacial score (nSPS) is 10.1. The molecule has 100 valence electrons. The molecule has 18 heavy (non-hydrogen) atoms. The van der Waals surface area contributed by atoms with Crippen LogP contribution in [0.3, 0.4) is 0 Å². The van der Waals surface area contributed by atoms with E-state index in [-0.39, 0.29) is 6.03 Å². The molecule has 1 aromatic carbocycles. The van der Waals surface area contributed by atoms with E-state index in [1.807, 2.05) is 24.3 Å². The van der Waals surface area contributed by atoms with Crippen LogP contribution >= 0.6 is 11.8 Å². The number of nitrogens with one attached hydrogen (secondary N) is 2. The highest BCUT2D eigenvalue weighted by Crippen LogP contribution is 2.26. The van der Waals surface area contributed by atoms with Crippen LogP contribution in [-0.2, 0) is 4.74 Å². The monoisotopic (exact) mass is 268 g/mol. The number of carbonyl (C=O) groups excluding carboxylic acids is 1. The second-order valence-electron chi connectivity index (χ2n) is 3.66. The molecule has 0 heterocycles. The molecule has 1 rings (SSSR count). The molecule has 0 aliphatic carbocycles. The lowest BCUT2D eigenvalue weighted by Gasteiger charge is -2.10. The smallest absolute Gasteiger partial charge is 0.319 e. The van der Waals surface area contributed by atoms with Gasteiger partial charge in [-0.05, 0) is 24.3 Å². The van der Waals surface area contributed by atoms with E-state index in [9.17, 15) is 4.79 Å². The summed E-state index contributed by atoms with van der Waals surface area (Å²) in [5.74, 6) is 0.980. The van der Waals surface area contributed by atoms with Crippen LogP contribution in [0, 0.1) is 0 Å². The van der Waals surface area contributed by atoms with Crippen molar-refractivity contribution in [3.8, 4) is 0 Å². The van der Waals surface area contributed by atoms with Crippen LogP contribution < -0.4 is 10.6 Å². The van der Waals surface area contributed by atoms with E-state index in [1.165, 1.54) is 0 Å². The zero-order chi connectivity index (χ0) is 13.2. The second-order valence-corrected chi connectivity index (χ2v) is 4.96. The maximum absolute atomic E-state index is 11.7. The quantitative estimate of drug-likeness (QED) is 0.590. The zero-order valence-electron chi connectivity index (χ0n) is 10.9. The Labute approximate surface area is 112 Å². The van der Waals surface area contributed by atoms with Gasteiger partial charge in [0, 0.05) is 25.2 Å². The number of methoxy groups -OCH3 is 1. The number of amides is 2.